The van der Waals surface area contributed by atoms with Gasteiger partial charge in [0.15, 0.2) is 5.78 Å². The summed E-state index contributed by atoms with van der Waals surface area (Å²) in [6.45, 7) is 2.00. The van der Waals surface area contributed by atoms with E-state index < -0.39 is 0 Å². The molecule has 0 aromatic heterocycles. The van der Waals surface area contributed by atoms with Gasteiger partial charge < -0.3 is 4.90 Å². The highest BCUT2D eigenvalue weighted by molar-refractivity contribution is 6.04. The molecule has 1 aromatic rings. The van der Waals surface area contributed by atoms with Gasteiger partial charge in [-0.25, -0.2) is 0 Å². The summed E-state index contributed by atoms with van der Waals surface area (Å²) in [5, 5.41) is 0. The fourth-order valence-corrected chi connectivity index (χ4v) is 1.31. The van der Waals surface area contributed by atoms with Gasteiger partial charge >= 0.3 is 0 Å². The van der Waals surface area contributed by atoms with E-state index in [4.69, 9.17) is 0 Å². The van der Waals surface area contributed by atoms with Crippen molar-refractivity contribution in [3.05, 3.63) is 72.0 Å². The van der Waals surface area contributed by atoms with E-state index in [-0.39, 0.29) is 5.78 Å². The van der Waals surface area contributed by atoms with E-state index in [1.165, 1.54) is 0 Å². The Morgan fingerprint density at radius 2 is 1.61 bits per heavy atom. The molecule has 2 nitrogen and oxygen atoms in total. The Kier molecular flexibility index (Phi) is 5.65. The van der Waals surface area contributed by atoms with Crippen molar-refractivity contribution in [1.82, 2.24) is 4.90 Å². The first-order valence-electron chi connectivity index (χ1n) is 5.88. The Morgan fingerprint density at radius 1 is 1.00 bits per heavy atom. The quantitative estimate of drug-likeness (QED) is 0.447. The Bertz CT molecular complexity index is 464. The maximum Gasteiger partial charge on any atom is 0.185 e. The van der Waals surface area contributed by atoms with Crippen LogP contribution in [0.4, 0.5) is 0 Å². The minimum Gasteiger partial charge on any atom is -0.383 e. The van der Waals surface area contributed by atoms with Crippen molar-refractivity contribution in [2.45, 2.75) is 6.92 Å². The average molecular weight is 241 g/mol. The van der Waals surface area contributed by atoms with Crippen molar-refractivity contribution in [2.75, 3.05) is 14.1 Å². The van der Waals surface area contributed by atoms with Crippen molar-refractivity contribution in [3.63, 3.8) is 0 Å². The highest BCUT2D eigenvalue weighted by atomic mass is 16.1. The summed E-state index contributed by atoms with van der Waals surface area (Å²) in [5.41, 5.74) is 1.87. The zero-order chi connectivity index (χ0) is 13.4. The Balaban J connectivity index is 2.52. The molecule has 18 heavy (non-hydrogen) atoms. The molecule has 0 spiro atoms. The minimum absolute atomic E-state index is 0.0243. The predicted molar refractivity (Wildman–Crippen MR) is 76.6 cm³/mol. The SMILES string of the molecule is Cc1ccc(C(=O)/C=C/C=C/C=C/N(C)C)cc1. The van der Waals surface area contributed by atoms with Gasteiger partial charge in [-0.2, -0.15) is 0 Å². The molecule has 0 unspecified atom stereocenters. The summed E-state index contributed by atoms with van der Waals surface area (Å²) in [4.78, 5) is 13.7. The van der Waals surface area contributed by atoms with Crippen LogP contribution in [0.5, 0.6) is 0 Å². The fraction of sp³-hybridized carbons (Fsp3) is 0.188. The van der Waals surface area contributed by atoms with Gasteiger partial charge in [-0.3, -0.25) is 4.79 Å². The van der Waals surface area contributed by atoms with Gasteiger partial charge in [0.1, 0.15) is 0 Å². The fourth-order valence-electron chi connectivity index (χ4n) is 1.31. The first kappa shape index (κ1) is 14.0. The number of hydrogen-bond acceptors (Lipinski definition) is 2. The first-order chi connectivity index (χ1) is 8.59. The molecule has 0 radical (unpaired) electrons. The number of allylic oxidation sites excluding steroid dienone is 5. The van der Waals surface area contributed by atoms with Crippen LogP contribution in [0.1, 0.15) is 15.9 Å². The lowest BCUT2D eigenvalue weighted by atomic mass is 10.1. The molecule has 0 aliphatic carbocycles. The number of benzene rings is 1. The van der Waals surface area contributed by atoms with Gasteiger partial charge in [-0.15, -0.1) is 0 Å². The summed E-state index contributed by atoms with van der Waals surface area (Å²) in [7, 11) is 3.92. The molecule has 0 bridgehead atoms. The van der Waals surface area contributed by atoms with Crippen LogP contribution < -0.4 is 0 Å². The molecular weight excluding hydrogens is 222 g/mol. The van der Waals surface area contributed by atoms with E-state index in [2.05, 4.69) is 0 Å². The van der Waals surface area contributed by atoms with Gasteiger partial charge in [-0.1, -0.05) is 48.1 Å². The second-order valence-corrected chi connectivity index (χ2v) is 4.28. The van der Waals surface area contributed by atoms with E-state index in [1.54, 1.807) is 12.2 Å². The molecule has 0 aliphatic rings. The van der Waals surface area contributed by atoms with Crippen molar-refractivity contribution in [3.8, 4) is 0 Å². The number of aryl methyl sites for hydroxylation is 1. The Labute approximate surface area is 109 Å². The molecule has 2 heteroatoms. The van der Waals surface area contributed by atoms with Gasteiger partial charge in [0.05, 0.1) is 0 Å². The number of nitrogens with zero attached hydrogens (tertiary/aromatic N) is 1. The number of ketones is 1. The van der Waals surface area contributed by atoms with Crippen LogP contribution in [0.2, 0.25) is 0 Å². The van der Waals surface area contributed by atoms with Crippen LogP contribution >= 0.6 is 0 Å². The molecular formula is C16H19NO. The first-order valence-corrected chi connectivity index (χ1v) is 5.88. The lowest BCUT2D eigenvalue weighted by Gasteiger charge is -2.00. The Morgan fingerprint density at radius 3 is 2.22 bits per heavy atom. The summed E-state index contributed by atoms with van der Waals surface area (Å²) in [6.07, 6.45) is 10.9. The van der Waals surface area contributed by atoms with Crippen LogP contribution in [-0.4, -0.2) is 24.8 Å². The second-order valence-electron chi connectivity index (χ2n) is 4.28. The van der Waals surface area contributed by atoms with Crippen molar-refractivity contribution < 1.29 is 4.79 Å². The van der Waals surface area contributed by atoms with Gasteiger partial charge in [0, 0.05) is 19.7 Å². The lowest BCUT2D eigenvalue weighted by Crippen LogP contribution is -1.99. The maximum absolute atomic E-state index is 11.7. The minimum atomic E-state index is 0.0243. The lowest BCUT2D eigenvalue weighted by molar-refractivity contribution is 0.104. The normalized spacial score (nSPS) is 11.7. The van der Waals surface area contributed by atoms with Crippen molar-refractivity contribution in [1.29, 1.82) is 0 Å². The summed E-state index contributed by atoms with van der Waals surface area (Å²) >= 11 is 0. The van der Waals surface area contributed by atoms with E-state index in [1.807, 2.05) is 74.6 Å². The van der Waals surface area contributed by atoms with E-state index in [0.29, 0.717) is 5.56 Å². The largest absolute Gasteiger partial charge is 0.383 e. The van der Waals surface area contributed by atoms with Crippen molar-refractivity contribution in [2.24, 2.45) is 0 Å². The number of carbonyl (C=O) groups is 1. The topological polar surface area (TPSA) is 20.3 Å². The van der Waals surface area contributed by atoms with E-state index >= 15 is 0 Å². The molecule has 0 heterocycles. The van der Waals surface area contributed by atoms with Crippen LogP contribution in [0.25, 0.3) is 0 Å². The molecule has 94 valence electrons. The molecule has 0 saturated carbocycles. The molecule has 0 fully saturated rings. The standard InChI is InChI=1S/C16H19NO/c1-14-9-11-15(12-10-14)16(18)8-6-4-5-7-13-17(2)3/h4-13H,1-3H3/b5-4+,8-6+,13-7+. The van der Waals surface area contributed by atoms with Crippen LogP contribution in [0, 0.1) is 6.92 Å². The Hall–Kier alpha value is -2.09. The highest BCUT2D eigenvalue weighted by Gasteiger charge is 1.98. The smallest absolute Gasteiger partial charge is 0.185 e. The summed E-state index contributed by atoms with van der Waals surface area (Å²) in [6, 6.07) is 7.57. The maximum atomic E-state index is 11.7. The molecule has 0 atom stereocenters. The molecule has 0 amide bonds. The zero-order valence-electron chi connectivity index (χ0n) is 11.1. The highest BCUT2D eigenvalue weighted by Crippen LogP contribution is 2.04. The number of carbonyl (C=O) groups excluding carboxylic acids is 1. The number of hydrogen-bond donors (Lipinski definition) is 0. The monoisotopic (exact) mass is 241 g/mol. The van der Waals surface area contributed by atoms with Crippen LogP contribution in [-0.2, 0) is 0 Å². The number of rotatable bonds is 5. The molecule has 1 aromatic carbocycles. The third-order valence-corrected chi connectivity index (χ3v) is 2.30. The van der Waals surface area contributed by atoms with Gasteiger partial charge in [0.2, 0.25) is 0 Å². The van der Waals surface area contributed by atoms with Crippen molar-refractivity contribution >= 4 is 5.78 Å². The predicted octanol–water partition coefficient (Wildman–Crippen LogP) is 3.37. The van der Waals surface area contributed by atoms with Crippen LogP contribution in [0.15, 0.2) is 60.8 Å². The van der Waals surface area contributed by atoms with E-state index in [0.717, 1.165) is 5.56 Å². The summed E-state index contributed by atoms with van der Waals surface area (Å²) < 4.78 is 0. The second kappa shape index (κ2) is 7.28. The third-order valence-electron chi connectivity index (χ3n) is 2.30. The summed E-state index contributed by atoms with van der Waals surface area (Å²) in [5.74, 6) is 0.0243. The van der Waals surface area contributed by atoms with E-state index in [9.17, 15) is 4.79 Å². The van der Waals surface area contributed by atoms with Crippen LogP contribution in [0.3, 0.4) is 0 Å². The van der Waals surface area contributed by atoms with Gasteiger partial charge in [-0.05, 0) is 25.3 Å². The van der Waals surface area contributed by atoms with Gasteiger partial charge in [0.25, 0.3) is 0 Å². The zero-order valence-corrected chi connectivity index (χ0v) is 11.1. The molecule has 0 aliphatic heterocycles. The average Bonchev–Trinajstić information content (AvgIpc) is 2.34. The molecule has 1 rings (SSSR count). The third kappa shape index (κ3) is 5.30. The molecule has 0 N–H and O–H groups in total. The molecule has 0 saturated heterocycles.